The highest BCUT2D eigenvalue weighted by atomic mass is 16.4. The number of carbonyl (C=O) groups excluding carboxylic acids is 1. The molecule has 0 aliphatic heterocycles. The van der Waals surface area contributed by atoms with Crippen molar-refractivity contribution in [3.8, 4) is 0 Å². The van der Waals surface area contributed by atoms with Crippen molar-refractivity contribution in [3.63, 3.8) is 0 Å². The Morgan fingerprint density at radius 1 is 0.957 bits per heavy atom. The van der Waals surface area contributed by atoms with Crippen LogP contribution in [-0.2, 0) is 14.4 Å². The summed E-state index contributed by atoms with van der Waals surface area (Å²) in [6.07, 6.45) is 8.56. The van der Waals surface area contributed by atoms with Crippen molar-refractivity contribution >= 4 is 17.8 Å². The van der Waals surface area contributed by atoms with Gasteiger partial charge in [0.25, 0.3) is 0 Å². The number of unbranched alkanes of at least 4 members (excludes halogenated alkanes) is 5. The van der Waals surface area contributed by atoms with E-state index in [0.717, 1.165) is 44.3 Å². The molecule has 4 N–H and O–H groups in total. The molecule has 0 aromatic carbocycles. The van der Waals surface area contributed by atoms with Crippen LogP contribution in [0.3, 0.4) is 0 Å². The minimum Gasteiger partial charge on any atom is -0.478 e. The molecular weight excluding hydrogens is 298 g/mol. The first-order valence-electron chi connectivity index (χ1n) is 7.67. The number of amides is 1. The van der Waals surface area contributed by atoms with Crippen LogP contribution >= 0.6 is 0 Å². The zero-order valence-electron chi connectivity index (χ0n) is 13.5. The molecule has 0 rings (SSSR count). The van der Waals surface area contributed by atoms with Gasteiger partial charge in [0.1, 0.15) is 0 Å². The van der Waals surface area contributed by atoms with Crippen molar-refractivity contribution < 1.29 is 24.6 Å². The van der Waals surface area contributed by atoms with E-state index in [9.17, 15) is 14.4 Å². The molecule has 0 aliphatic rings. The summed E-state index contributed by atoms with van der Waals surface area (Å²) < 4.78 is 0. The Kier molecular flexibility index (Phi) is 10.1. The molecule has 128 valence electrons. The predicted octanol–water partition coefficient (Wildman–Crippen LogP) is 2.80. The predicted molar refractivity (Wildman–Crippen MR) is 87.8 cm³/mol. The molecule has 23 heavy (non-hydrogen) atoms. The van der Waals surface area contributed by atoms with Gasteiger partial charge in [-0.05, 0) is 25.0 Å². The Bertz CT molecular complexity index is 517. The molecule has 0 atom stereocenters. The lowest BCUT2D eigenvalue weighted by atomic mass is 10.0. The van der Waals surface area contributed by atoms with E-state index in [0.29, 0.717) is 6.42 Å². The smallest absolute Gasteiger partial charge is 0.335 e. The Morgan fingerprint density at radius 2 is 1.52 bits per heavy atom. The fourth-order valence-corrected chi connectivity index (χ4v) is 1.96. The first-order chi connectivity index (χ1) is 10.8. The van der Waals surface area contributed by atoms with Crippen molar-refractivity contribution in [1.82, 2.24) is 0 Å². The third kappa shape index (κ3) is 9.29. The van der Waals surface area contributed by atoms with Crippen molar-refractivity contribution in [3.05, 3.63) is 35.5 Å². The second-order valence-corrected chi connectivity index (χ2v) is 5.29. The number of rotatable bonds is 12. The number of aliphatic carboxylic acids is 2. The number of hydrogen-bond acceptors (Lipinski definition) is 3. The lowest BCUT2D eigenvalue weighted by Crippen LogP contribution is -2.15. The molecule has 0 aromatic rings. The monoisotopic (exact) mass is 323 g/mol. The van der Waals surface area contributed by atoms with E-state index in [-0.39, 0.29) is 16.7 Å². The second kappa shape index (κ2) is 11.2. The lowest BCUT2D eigenvalue weighted by Gasteiger charge is -2.05. The van der Waals surface area contributed by atoms with Gasteiger partial charge in [0, 0.05) is 5.57 Å². The van der Waals surface area contributed by atoms with Crippen LogP contribution in [0.25, 0.3) is 0 Å². The van der Waals surface area contributed by atoms with E-state index in [4.69, 9.17) is 15.9 Å². The van der Waals surface area contributed by atoms with Crippen LogP contribution in [0.4, 0.5) is 0 Å². The molecule has 0 unspecified atom stereocenters. The zero-order valence-corrected chi connectivity index (χ0v) is 13.5. The largest absolute Gasteiger partial charge is 0.478 e. The maximum absolute atomic E-state index is 11.4. The topological polar surface area (TPSA) is 118 Å². The Hall–Kier alpha value is -2.37. The minimum absolute atomic E-state index is 0.173. The van der Waals surface area contributed by atoms with Crippen molar-refractivity contribution in [2.24, 2.45) is 5.73 Å². The summed E-state index contributed by atoms with van der Waals surface area (Å²) >= 11 is 0. The molecule has 0 spiro atoms. The van der Waals surface area contributed by atoms with Crippen molar-refractivity contribution in [2.75, 3.05) is 0 Å². The number of hydrogen-bond donors (Lipinski definition) is 3. The van der Waals surface area contributed by atoms with Crippen molar-refractivity contribution in [1.29, 1.82) is 0 Å². The molecule has 6 heteroatoms. The highest BCUT2D eigenvalue weighted by molar-refractivity contribution is 5.99. The lowest BCUT2D eigenvalue weighted by molar-refractivity contribution is -0.132. The minimum atomic E-state index is -1.34. The second-order valence-electron chi connectivity index (χ2n) is 5.29. The maximum Gasteiger partial charge on any atom is 0.335 e. The number of carbonyl (C=O) groups is 3. The number of carboxylic acid groups (broad SMARTS) is 2. The highest BCUT2D eigenvalue weighted by Gasteiger charge is 2.12. The van der Waals surface area contributed by atoms with Crippen LogP contribution in [0.1, 0.15) is 51.9 Å². The molecule has 6 nitrogen and oxygen atoms in total. The molecule has 0 fully saturated rings. The summed E-state index contributed by atoms with van der Waals surface area (Å²) in [5.74, 6) is -3.37. The van der Waals surface area contributed by atoms with Crippen molar-refractivity contribution in [2.45, 2.75) is 51.9 Å². The standard InChI is InChI=1S/C17H25NO5/c1-3-4-5-6-7-8-9-13(15(18)19)11-14(17(22)23)10-12(2)16(20)21/h10-11H,2-9H2,1H3,(H2,18,19)(H,20,21)(H,22,23)/b13-11+,14-10-. The van der Waals surface area contributed by atoms with Gasteiger partial charge in [-0.25, -0.2) is 9.59 Å². The zero-order chi connectivity index (χ0) is 17.8. The van der Waals surface area contributed by atoms with Gasteiger partial charge in [0.2, 0.25) is 5.91 Å². The average molecular weight is 323 g/mol. The van der Waals surface area contributed by atoms with Gasteiger partial charge in [-0.1, -0.05) is 45.6 Å². The number of primary amides is 1. The fourth-order valence-electron chi connectivity index (χ4n) is 1.96. The SMILES string of the molecule is C=C(/C=C(/C=C(\CCCCCCCC)C(N)=O)C(=O)O)C(=O)O. The Morgan fingerprint density at radius 3 is 2.00 bits per heavy atom. The van der Waals surface area contributed by atoms with Crippen LogP contribution in [-0.4, -0.2) is 28.1 Å². The molecule has 0 saturated heterocycles. The van der Waals surface area contributed by atoms with Crippen LogP contribution in [0.2, 0.25) is 0 Å². The molecule has 0 aliphatic carbocycles. The van der Waals surface area contributed by atoms with Gasteiger partial charge < -0.3 is 15.9 Å². The number of nitrogens with two attached hydrogens (primary N) is 1. The molecule has 0 heterocycles. The highest BCUT2D eigenvalue weighted by Crippen LogP contribution is 2.15. The van der Waals surface area contributed by atoms with Gasteiger partial charge in [0.15, 0.2) is 0 Å². The molecule has 0 radical (unpaired) electrons. The van der Waals surface area contributed by atoms with E-state index in [1.807, 2.05) is 0 Å². The first kappa shape index (κ1) is 20.6. The van der Waals surface area contributed by atoms with E-state index in [1.165, 1.54) is 6.42 Å². The maximum atomic E-state index is 11.4. The molecular formula is C17H25NO5. The van der Waals surface area contributed by atoms with Crippen LogP contribution in [0.15, 0.2) is 35.5 Å². The Labute approximate surface area is 136 Å². The van der Waals surface area contributed by atoms with Crippen LogP contribution in [0, 0.1) is 0 Å². The van der Waals surface area contributed by atoms with E-state index in [2.05, 4.69) is 13.5 Å². The normalized spacial score (nSPS) is 12.0. The van der Waals surface area contributed by atoms with Gasteiger partial charge in [-0.3, -0.25) is 4.79 Å². The fraction of sp³-hybridized carbons (Fsp3) is 0.471. The molecule has 0 bridgehead atoms. The molecule has 1 amide bonds. The first-order valence-corrected chi connectivity index (χ1v) is 7.67. The summed E-state index contributed by atoms with van der Waals surface area (Å²) in [5.41, 5.74) is 4.75. The summed E-state index contributed by atoms with van der Waals surface area (Å²) in [4.78, 5) is 33.3. The van der Waals surface area contributed by atoms with Gasteiger partial charge >= 0.3 is 11.9 Å². The molecule has 0 saturated carbocycles. The summed E-state index contributed by atoms with van der Waals surface area (Å²) in [7, 11) is 0. The van der Waals surface area contributed by atoms with E-state index < -0.39 is 17.8 Å². The third-order valence-electron chi connectivity index (χ3n) is 3.30. The van der Waals surface area contributed by atoms with E-state index in [1.54, 1.807) is 0 Å². The summed E-state index contributed by atoms with van der Waals surface area (Å²) in [6.45, 7) is 5.37. The number of carboxylic acids is 2. The Balaban J connectivity index is 4.92. The van der Waals surface area contributed by atoms with Gasteiger partial charge in [-0.2, -0.15) is 0 Å². The van der Waals surface area contributed by atoms with Crippen LogP contribution < -0.4 is 5.73 Å². The van der Waals surface area contributed by atoms with Crippen LogP contribution in [0.5, 0.6) is 0 Å². The summed E-state index contributed by atoms with van der Waals surface area (Å²) in [6, 6.07) is 0. The average Bonchev–Trinajstić information content (AvgIpc) is 2.47. The quantitative estimate of drug-likeness (QED) is 0.290. The van der Waals surface area contributed by atoms with E-state index >= 15 is 0 Å². The third-order valence-corrected chi connectivity index (χ3v) is 3.30. The molecule has 0 aromatic heterocycles. The van der Waals surface area contributed by atoms with Gasteiger partial charge in [0.05, 0.1) is 11.1 Å². The summed E-state index contributed by atoms with van der Waals surface area (Å²) in [5, 5.41) is 17.9. The van der Waals surface area contributed by atoms with Gasteiger partial charge in [-0.15, -0.1) is 0 Å².